The molecule has 1 aliphatic rings. The Bertz CT molecular complexity index is 879. The van der Waals surface area contributed by atoms with Gasteiger partial charge in [-0.3, -0.25) is 23.9 Å². The van der Waals surface area contributed by atoms with Crippen LogP contribution in [0.25, 0.3) is 10.9 Å². The highest BCUT2D eigenvalue weighted by Gasteiger charge is 2.23. The second-order valence-electron chi connectivity index (χ2n) is 5.48. The number of amides is 2. The number of nitrogens with one attached hydrogen (secondary N) is 3. The Morgan fingerprint density at radius 2 is 1.91 bits per heavy atom. The largest absolute Gasteiger partial charge is 0.352 e. The minimum atomic E-state index is -0.661. The van der Waals surface area contributed by atoms with Crippen LogP contribution in [-0.4, -0.2) is 34.0 Å². The number of hydrogen-bond acceptors (Lipinski definition) is 4. The number of rotatable bonds is 5. The van der Waals surface area contributed by atoms with Gasteiger partial charge in [0.25, 0.3) is 5.56 Å². The van der Waals surface area contributed by atoms with E-state index in [2.05, 4.69) is 15.6 Å². The highest BCUT2D eigenvalue weighted by molar-refractivity contribution is 5.86. The third-order valence-electron chi connectivity index (χ3n) is 3.60. The molecule has 0 atom stereocenters. The van der Waals surface area contributed by atoms with Gasteiger partial charge in [0.05, 0.1) is 17.4 Å². The van der Waals surface area contributed by atoms with Crippen molar-refractivity contribution in [2.24, 2.45) is 0 Å². The first-order valence-corrected chi connectivity index (χ1v) is 7.32. The maximum absolute atomic E-state index is 12.0. The van der Waals surface area contributed by atoms with Crippen molar-refractivity contribution in [3.05, 3.63) is 45.1 Å². The Kier molecular flexibility index (Phi) is 3.96. The minimum absolute atomic E-state index is 0.134. The van der Waals surface area contributed by atoms with E-state index in [-0.39, 0.29) is 25.0 Å². The number of benzene rings is 1. The van der Waals surface area contributed by atoms with E-state index in [4.69, 9.17) is 0 Å². The van der Waals surface area contributed by atoms with Crippen molar-refractivity contribution in [2.75, 3.05) is 6.54 Å². The molecule has 0 saturated heterocycles. The molecule has 1 heterocycles. The Labute approximate surface area is 130 Å². The third kappa shape index (κ3) is 3.47. The Hall–Kier alpha value is -2.90. The van der Waals surface area contributed by atoms with Crippen LogP contribution in [0.1, 0.15) is 12.8 Å². The molecule has 0 bridgehead atoms. The Morgan fingerprint density at radius 3 is 2.65 bits per heavy atom. The summed E-state index contributed by atoms with van der Waals surface area (Å²) in [5, 5.41) is 5.55. The molecule has 1 fully saturated rings. The van der Waals surface area contributed by atoms with Gasteiger partial charge in [0.1, 0.15) is 6.54 Å². The quantitative estimate of drug-likeness (QED) is 0.662. The number of aromatic nitrogens is 2. The van der Waals surface area contributed by atoms with Gasteiger partial charge >= 0.3 is 5.69 Å². The summed E-state index contributed by atoms with van der Waals surface area (Å²) >= 11 is 0. The second-order valence-corrected chi connectivity index (χ2v) is 5.48. The van der Waals surface area contributed by atoms with Gasteiger partial charge in [-0.05, 0) is 25.0 Å². The number of carbonyl (C=O) groups excluding carboxylic acids is 2. The minimum Gasteiger partial charge on any atom is -0.352 e. The average Bonchev–Trinajstić information content (AvgIpc) is 3.33. The van der Waals surface area contributed by atoms with Gasteiger partial charge in [-0.15, -0.1) is 0 Å². The first-order chi connectivity index (χ1) is 11.0. The van der Waals surface area contributed by atoms with Gasteiger partial charge in [-0.25, -0.2) is 4.79 Å². The lowest BCUT2D eigenvalue weighted by Gasteiger charge is -2.10. The van der Waals surface area contributed by atoms with Crippen molar-refractivity contribution in [1.82, 2.24) is 20.2 Å². The van der Waals surface area contributed by atoms with Crippen LogP contribution in [0.3, 0.4) is 0 Å². The number of fused-ring (bicyclic) bond motifs is 1. The smallest absolute Gasteiger partial charge is 0.329 e. The van der Waals surface area contributed by atoms with Crippen LogP contribution in [0.4, 0.5) is 0 Å². The number of nitrogens with zero attached hydrogens (tertiary/aromatic N) is 1. The molecule has 1 aromatic heterocycles. The van der Waals surface area contributed by atoms with Crippen molar-refractivity contribution in [1.29, 1.82) is 0 Å². The summed E-state index contributed by atoms with van der Waals surface area (Å²) < 4.78 is 1.17. The second kappa shape index (κ2) is 6.07. The van der Waals surface area contributed by atoms with Crippen molar-refractivity contribution < 1.29 is 9.59 Å². The lowest BCUT2D eigenvalue weighted by atomic mass is 10.2. The van der Waals surface area contributed by atoms with Crippen LogP contribution in [0, 0.1) is 0 Å². The summed E-state index contributed by atoms with van der Waals surface area (Å²) in [5.74, 6) is -0.727. The van der Waals surface area contributed by atoms with E-state index in [1.165, 1.54) is 4.57 Å². The van der Waals surface area contributed by atoms with E-state index in [1.807, 2.05) is 0 Å². The van der Waals surface area contributed by atoms with E-state index < -0.39 is 17.2 Å². The Balaban J connectivity index is 1.73. The molecule has 120 valence electrons. The first kappa shape index (κ1) is 15.0. The molecular formula is C15H16N4O4. The monoisotopic (exact) mass is 316 g/mol. The maximum atomic E-state index is 12.0. The van der Waals surface area contributed by atoms with E-state index in [0.717, 1.165) is 12.8 Å². The van der Waals surface area contributed by atoms with Crippen LogP contribution in [-0.2, 0) is 16.1 Å². The summed E-state index contributed by atoms with van der Waals surface area (Å²) in [5.41, 5.74) is -0.781. The number of para-hydroxylation sites is 1. The molecule has 2 aromatic rings. The standard InChI is InChI=1S/C15H16N4O4/c20-12(17-9-5-6-9)7-16-13(21)8-19-11-4-2-1-3-10(11)14(22)18-15(19)23/h1-4,9H,5-8H2,(H,16,21)(H,17,20)(H,18,22,23). The molecule has 23 heavy (non-hydrogen) atoms. The van der Waals surface area contributed by atoms with E-state index in [9.17, 15) is 19.2 Å². The highest BCUT2D eigenvalue weighted by atomic mass is 16.2. The van der Waals surface area contributed by atoms with E-state index in [1.54, 1.807) is 24.3 Å². The zero-order valence-electron chi connectivity index (χ0n) is 12.3. The van der Waals surface area contributed by atoms with Gasteiger partial charge < -0.3 is 10.6 Å². The van der Waals surface area contributed by atoms with Crippen molar-refractivity contribution in [3.8, 4) is 0 Å². The predicted octanol–water partition coefficient (Wildman–Crippen LogP) is -0.915. The fraction of sp³-hybridized carbons (Fsp3) is 0.333. The first-order valence-electron chi connectivity index (χ1n) is 7.32. The third-order valence-corrected chi connectivity index (χ3v) is 3.60. The maximum Gasteiger partial charge on any atom is 0.329 e. The highest BCUT2D eigenvalue weighted by Crippen LogP contribution is 2.18. The summed E-state index contributed by atoms with van der Waals surface area (Å²) in [7, 11) is 0. The lowest BCUT2D eigenvalue weighted by Crippen LogP contribution is -2.41. The molecule has 1 saturated carbocycles. The fourth-order valence-corrected chi connectivity index (χ4v) is 2.28. The number of hydrogen-bond donors (Lipinski definition) is 3. The van der Waals surface area contributed by atoms with Crippen LogP contribution in [0.5, 0.6) is 0 Å². The van der Waals surface area contributed by atoms with Crippen molar-refractivity contribution in [3.63, 3.8) is 0 Å². The van der Waals surface area contributed by atoms with Crippen LogP contribution in [0.15, 0.2) is 33.9 Å². The van der Waals surface area contributed by atoms with Gasteiger partial charge in [-0.1, -0.05) is 12.1 Å². The molecule has 3 N–H and O–H groups in total. The van der Waals surface area contributed by atoms with Gasteiger partial charge in [0.2, 0.25) is 11.8 Å². The Morgan fingerprint density at radius 1 is 1.17 bits per heavy atom. The normalized spacial score (nSPS) is 13.7. The van der Waals surface area contributed by atoms with E-state index >= 15 is 0 Å². The molecule has 8 nitrogen and oxygen atoms in total. The van der Waals surface area contributed by atoms with Crippen molar-refractivity contribution in [2.45, 2.75) is 25.4 Å². The fourth-order valence-electron chi connectivity index (χ4n) is 2.28. The van der Waals surface area contributed by atoms with Crippen molar-refractivity contribution >= 4 is 22.7 Å². The topological polar surface area (TPSA) is 113 Å². The number of carbonyl (C=O) groups is 2. The predicted molar refractivity (Wildman–Crippen MR) is 83.0 cm³/mol. The summed E-state index contributed by atoms with van der Waals surface area (Å²) in [4.78, 5) is 49.3. The van der Waals surface area contributed by atoms with Gasteiger partial charge in [0.15, 0.2) is 0 Å². The van der Waals surface area contributed by atoms with E-state index in [0.29, 0.717) is 10.9 Å². The SMILES string of the molecule is O=C(Cn1c(=O)[nH]c(=O)c2ccccc21)NCC(=O)NC1CC1. The summed E-state index contributed by atoms with van der Waals surface area (Å²) in [6.07, 6.45) is 1.94. The number of aromatic amines is 1. The molecule has 0 aliphatic heterocycles. The molecule has 0 spiro atoms. The summed E-state index contributed by atoms with van der Waals surface area (Å²) in [6, 6.07) is 6.75. The molecule has 0 radical (unpaired) electrons. The van der Waals surface area contributed by atoms with Gasteiger partial charge in [0, 0.05) is 6.04 Å². The zero-order valence-corrected chi connectivity index (χ0v) is 12.3. The number of H-pyrrole nitrogens is 1. The molecule has 8 heteroatoms. The molecule has 0 unspecified atom stereocenters. The van der Waals surface area contributed by atoms with Crippen LogP contribution in [0.2, 0.25) is 0 Å². The molecule has 3 rings (SSSR count). The van der Waals surface area contributed by atoms with Crippen LogP contribution < -0.4 is 21.9 Å². The average molecular weight is 316 g/mol. The van der Waals surface area contributed by atoms with Gasteiger partial charge in [-0.2, -0.15) is 0 Å². The molecule has 2 amide bonds. The summed E-state index contributed by atoms with van der Waals surface area (Å²) in [6.45, 7) is -0.405. The molecular weight excluding hydrogens is 300 g/mol. The zero-order chi connectivity index (χ0) is 16.4. The molecule has 1 aromatic carbocycles. The van der Waals surface area contributed by atoms with Crippen LogP contribution >= 0.6 is 0 Å². The lowest BCUT2D eigenvalue weighted by molar-refractivity contribution is -0.126. The molecule has 1 aliphatic carbocycles.